The van der Waals surface area contributed by atoms with Crippen molar-refractivity contribution in [3.63, 3.8) is 0 Å². The van der Waals surface area contributed by atoms with E-state index in [1.807, 2.05) is 24.3 Å². The molecule has 1 heterocycles. The van der Waals surface area contributed by atoms with Crippen molar-refractivity contribution >= 4 is 16.9 Å². The molecular weight excluding hydrogens is 278 g/mol. The third-order valence-corrected chi connectivity index (χ3v) is 3.67. The molecule has 0 spiro atoms. The Morgan fingerprint density at radius 3 is 2.45 bits per heavy atom. The quantitative estimate of drug-likeness (QED) is 0.773. The van der Waals surface area contributed by atoms with Crippen molar-refractivity contribution in [1.29, 1.82) is 0 Å². The molecule has 0 radical (unpaired) electrons. The lowest BCUT2D eigenvalue weighted by atomic mass is 10.00. The van der Waals surface area contributed by atoms with Gasteiger partial charge in [0.15, 0.2) is 0 Å². The number of phenolic OH excluding ortho intramolecular Hbond substituents is 1. The third-order valence-electron chi connectivity index (χ3n) is 3.67. The summed E-state index contributed by atoms with van der Waals surface area (Å²) in [5, 5.41) is 19.7. The molecule has 1 aromatic heterocycles. The summed E-state index contributed by atoms with van der Waals surface area (Å²) in [6, 6.07) is 16.8. The van der Waals surface area contributed by atoms with Gasteiger partial charge in [-0.05, 0) is 42.2 Å². The van der Waals surface area contributed by atoms with Crippen LogP contribution >= 0.6 is 0 Å². The standard InChI is InChI=1S/C18H15NO3/c20-16-11-8-13(7-6-12-4-2-1-3-5-12)14-9-10-15(18(21)22)19-17(14)16/h1-5,8-11,20H,6-7H2,(H,21,22). The molecule has 4 nitrogen and oxygen atoms in total. The van der Waals surface area contributed by atoms with Crippen molar-refractivity contribution in [3.05, 3.63) is 71.4 Å². The normalized spacial score (nSPS) is 10.7. The maximum absolute atomic E-state index is 11.0. The van der Waals surface area contributed by atoms with Crippen LogP contribution in [0.2, 0.25) is 0 Å². The van der Waals surface area contributed by atoms with E-state index in [2.05, 4.69) is 17.1 Å². The number of aromatic hydroxyl groups is 1. The molecule has 0 bridgehead atoms. The van der Waals surface area contributed by atoms with Gasteiger partial charge in [-0.1, -0.05) is 36.4 Å². The van der Waals surface area contributed by atoms with Gasteiger partial charge in [0.2, 0.25) is 0 Å². The van der Waals surface area contributed by atoms with Crippen molar-refractivity contribution in [1.82, 2.24) is 4.98 Å². The Labute approximate surface area is 127 Å². The summed E-state index contributed by atoms with van der Waals surface area (Å²) in [7, 11) is 0. The highest BCUT2D eigenvalue weighted by Crippen LogP contribution is 2.27. The highest BCUT2D eigenvalue weighted by atomic mass is 16.4. The van der Waals surface area contributed by atoms with Crippen LogP contribution in [0.3, 0.4) is 0 Å². The number of rotatable bonds is 4. The Bertz CT molecular complexity index is 828. The number of phenols is 1. The lowest BCUT2D eigenvalue weighted by Crippen LogP contribution is -2.01. The van der Waals surface area contributed by atoms with Crippen molar-refractivity contribution in [3.8, 4) is 5.75 Å². The van der Waals surface area contributed by atoms with E-state index in [1.165, 1.54) is 11.6 Å². The summed E-state index contributed by atoms with van der Waals surface area (Å²) in [6.45, 7) is 0. The number of carbonyl (C=O) groups is 1. The van der Waals surface area contributed by atoms with E-state index >= 15 is 0 Å². The number of fused-ring (bicyclic) bond motifs is 1. The minimum atomic E-state index is -1.10. The largest absolute Gasteiger partial charge is 0.506 e. The fourth-order valence-corrected chi connectivity index (χ4v) is 2.52. The Morgan fingerprint density at radius 2 is 1.73 bits per heavy atom. The van der Waals surface area contributed by atoms with Gasteiger partial charge in [-0.3, -0.25) is 0 Å². The molecule has 2 aromatic carbocycles. The summed E-state index contributed by atoms with van der Waals surface area (Å²) in [4.78, 5) is 15.0. The van der Waals surface area contributed by atoms with Crippen LogP contribution in [-0.2, 0) is 12.8 Å². The number of aromatic nitrogens is 1. The predicted octanol–water partition coefficient (Wildman–Crippen LogP) is 3.42. The molecule has 0 atom stereocenters. The molecule has 110 valence electrons. The van der Waals surface area contributed by atoms with Crippen LogP contribution < -0.4 is 0 Å². The first kappa shape index (κ1) is 14.1. The molecule has 3 aromatic rings. The number of carboxylic acid groups (broad SMARTS) is 1. The molecule has 0 aliphatic heterocycles. The molecule has 2 N–H and O–H groups in total. The molecule has 4 heteroatoms. The van der Waals surface area contributed by atoms with Crippen LogP contribution in [0, 0.1) is 0 Å². The number of benzene rings is 2. The minimum absolute atomic E-state index is 0.00145. The molecule has 0 aliphatic rings. The molecule has 0 amide bonds. The highest BCUT2D eigenvalue weighted by Gasteiger charge is 2.11. The number of hydrogen-bond acceptors (Lipinski definition) is 3. The van der Waals surface area contributed by atoms with Crippen LogP contribution in [-0.4, -0.2) is 21.2 Å². The van der Waals surface area contributed by atoms with Crippen LogP contribution in [0.5, 0.6) is 5.75 Å². The first-order valence-corrected chi connectivity index (χ1v) is 7.04. The maximum Gasteiger partial charge on any atom is 0.354 e. The van der Waals surface area contributed by atoms with Gasteiger partial charge in [-0.2, -0.15) is 0 Å². The van der Waals surface area contributed by atoms with Gasteiger partial charge in [0.1, 0.15) is 17.0 Å². The average molecular weight is 293 g/mol. The number of aryl methyl sites for hydroxylation is 2. The van der Waals surface area contributed by atoms with E-state index in [1.54, 1.807) is 12.1 Å². The zero-order valence-electron chi connectivity index (χ0n) is 11.9. The number of pyridine rings is 1. The first-order chi connectivity index (χ1) is 10.6. The molecule has 0 aliphatic carbocycles. The third kappa shape index (κ3) is 2.76. The molecule has 22 heavy (non-hydrogen) atoms. The van der Waals surface area contributed by atoms with Crippen molar-refractivity contribution in [2.24, 2.45) is 0 Å². The molecule has 0 saturated heterocycles. The van der Waals surface area contributed by atoms with Gasteiger partial charge >= 0.3 is 5.97 Å². The fraction of sp³-hybridized carbons (Fsp3) is 0.111. The monoisotopic (exact) mass is 293 g/mol. The van der Waals surface area contributed by atoms with Gasteiger partial charge in [0, 0.05) is 5.39 Å². The first-order valence-electron chi connectivity index (χ1n) is 7.04. The van der Waals surface area contributed by atoms with Crippen LogP contribution in [0.25, 0.3) is 10.9 Å². The lowest BCUT2D eigenvalue weighted by Gasteiger charge is -2.08. The molecular formula is C18H15NO3. The maximum atomic E-state index is 11.0. The fourth-order valence-electron chi connectivity index (χ4n) is 2.52. The van der Waals surface area contributed by atoms with E-state index in [-0.39, 0.29) is 11.4 Å². The van der Waals surface area contributed by atoms with E-state index < -0.39 is 5.97 Å². The van der Waals surface area contributed by atoms with E-state index in [0.717, 1.165) is 23.8 Å². The molecule has 0 fully saturated rings. The second-order valence-corrected chi connectivity index (χ2v) is 5.13. The summed E-state index contributed by atoms with van der Waals surface area (Å²) in [6.07, 6.45) is 1.68. The zero-order chi connectivity index (χ0) is 15.5. The lowest BCUT2D eigenvalue weighted by molar-refractivity contribution is 0.0691. The van der Waals surface area contributed by atoms with Crippen molar-refractivity contribution < 1.29 is 15.0 Å². The second-order valence-electron chi connectivity index (χ2n) is 5.13. The number of nitrogens with zero attached hydrogens (tertiary/aromatic N) is 1. The summed E-state index contributed by atoms with van der Waals surface area (Å²) in [5.41, 5.74) is 2.55. The van der Waals surface area contributed by atoms with Crippen LogP contribution in [0.4, 0.5) is 0 Å². The Balaban J connectivity index is 1.96. The molecule has 3 rings (SSSR count). The Hall–Kier alpha value is -2.88. The molecule has 0 saturated carbocycles. The summed E-state index contributed by atoms with van der Waals surface area (Å²) >= 11 is 0. The SMILES string of the molecule is O=C(O)c1ccc2c(CCc3ccccc3)ccc(O)c2n1. The van der Waals surface area contributed by atoms with E-state index in [9.17, 15) is 9.90 Å². The minimum Gasteiger partial charge on any atom is -0.506 e. The van der Waals surface area contributed by atoms with E-state index in [0.29, 0.717) is 5.52 Å². The zero-order valence-corrected chi connectivity index (χ0v) is 11.9. The van der Waals surface area contributed by atoms with Gasteiger partial charge in [-0.25, -0.2) is 9.78 Å². The topological polar surface area (TPSA) is 70.4 Å². The van der Waals surface area contributed by atoms with Gasteiger partial charge in [-0.15, -0.1) is 0 Å². The number of aromatic carboxylic acids is 1. The summed E-state index contributed by atoms with van der Waals surface area (Å²) in [5.74, 6) is -1.10. The Morgan fingerprint density at radius 1 is 0.955 bits per heavy atom. The predicted molar refractivity (Wildman–Crippen MR) is 84.2 cm³/mol. The number of hydrogen-bond donors (Lipinski definition) is 2. The van der Waals surface area contributed by atoms with Gasteiger partial charge < -0.3 is 10.2 Å². The second kappa shape index (κ2) is 5.85. The summed E-state index contributed by atoms with van der Waals surface area (Å²) < 4.78 is 0. The van der Waals surface area contributed by atoms with Crippen molar-refractivity contribution in [2.75, 3.05) is 0 Å². The average Bonchev–Trinajstić information content (AvgIpc) is 2.55. The van der Waals surface area contributed by atoms with Crippen LogP contribution in [0.15, 0.2) is 54.6 Å². The number of carboxylic acids is 1. The highest BCUT2D eigenvalue weighted by molar-refractivity contribution is 5.93. The van der Waals surface area contributed by atoms with Crippen LogP contribution in [0.1, 0.15) is 21.6 Å². The molecule has 0 unspecified atom stereocenters. The Kier molecular flexibility index (Phi) is 3.74. The smallest absolute Gasteiger partial charge is 0.354 e. The van der Waals surface area contributed by atoms with Gasteiger partial charge in [0.25, 0.3) is 0 Å². The van der Waals surface area contributed by atoms with Gasteiger partial charge in [0.05, 0.1) is 0 Å². The van der Waals surface area contributed by atoms with Crippen molar-refractivity contribution in [2.45, 2.75) is 12.8 Å². The van der Waals surface area contributed by atoms with E-state index in [4.69, 9.17) is 5.11 Å².